The van der Waals surface area contributed by atoms with Crippen LogP contribution in [0.3, 0.4) is 0 Å². The standard InChI is InChI=1S/C17H15N5.C2HF3O2/c1-11-9-16(22-17(18-11)19-12(2)21-22)20-15-8-7-13-5-3-4-6-14(13)10-15;3-2(4,5)1(6)7/h3-10,20H,1-2H3;(H,6,7). The molecule has 0 bridgehead atoms. The summed E-state index contributed by atoms with van der Waals surface area (Å²) in [6, 6.07) is 16.6. The minimum absolute atomic E-state index is 0.612. The van der Waals surface area contributed by atoms with Crippen LogP contribution < -0.4 is 5.32 Å². The number of hydrogen-bond donors (Lipinski definition) is 2. The van der Waals surface area contributed by atoms with Gasteiger partial charge in [-0.25, -0.2) is 9.78 Å². The number of carbonyl (C=O) groups is 1. The molecular weight excluding hydrogens is 387 g/mol. The summed E-state index contributed by atoms with van der Waals surface area (Å²) in [5.74, 6) is -0.577. The molecule has 2 heterocycles. The Morgan fingerprint density at radius 1 is 1.03 bits per heavy atom. The molecular formula is C19H16F3N5O2. The molecule has 0 fully saturated rings. The van der Waals surface area contributed by atoms with Gasteiger partial charge in [0.15, 0.2) is 0 Å². The largest absolute Gasteiger partial charge is 0.490 e. The minimum Gasteiger partial charge on any atom is -0.475 e. The van der Waals surface area contributed by atoms with Crippen LogP contribution in [-0.4, -0.2) is 36.8 Å². The fourth-order valence-electron chi connectivity index (χ4n) is 2.59. The summed E-state index contributed by atoms with van der Waals surface area (Å²) in [4.78, 5) is 17.6. The number of nitrogens with one attached hydrogen (secondary N) is 1. The number of hydrogen-bond acceptors (Lipinski definition) is 5. The van der Waals surface area contributed by atoms with Gasteiger partial charge in [0.25, 0.3) is 5.78 Å². The Morgan fingerprint density at radius 3 is 2.34 bits per heavy atom. The summed E-state index contributed by atoms with van der Waals surface area (Å²) in [5.41, 5.74) is 1.92. The van der Waals surface area contributed by atoms with Crippen molar-refractivity contribution in [3.8, 4) is 0 Å². The number of rotatable bonds is 2. The van der Waals surface area contributed by atoms with E-state index in [2.05, 4.69) is 50.7 Å². The normalized spacial score (nSPS) is 11.2. The number of aryl methyl sites for hydroxylation is 2. The van der Waals surface area contributed by atoms with Gasteiger partial charge in [0.1, 0.15) is 11.6 Å². The summed E-state index contributed by atoms with van der Waals surface area (Å²) in [6.45, 7) is 3.82. The van der Waals surface area contributed by atoms with Gasteiger partial charge in [-0.2, -0.15) is 22.7 Å². The summed E-state index contributed by atoms with van der Waals surface area (Å²) >= 11 is 0. The van der Waals surface area contributed by atoms with Gasteiger partial charge in [-0.05, 0) is 36.8 Å². The molecule has 2 N–H and O–H groups in total. The third-order valence-corrected chi connectivity index (χ3v) is 3.81. The highest BCUT2D eigenvalue weighted by atomic mass is 19.4. The average Bonchev–Trinajstić information content (AvgIpc) is 3.01. The van der Waals surface area contributed by atoms with E-state index in [4.69, 9.17) is 9.90 Å². The minimum atomic E-state index is -5.08. The van der Waals surface area contributed by atoms with Gasteiger partial charge < -0.3 is 10.4 Å². The van der Waals surface area contributed by atoms with E-state index in [1.54, 1.807) is 4.52 Å². The average molecular weight is 403 g/mol. The Kier molecular flexibility index (Phi) is 5.35. The fraction of sp³-hybridized carbons (Fsp3) is 0.158. The maximum Gasteiger partial charge on any atom is 0.490 e. The fourth-order valence-corrected chi connectivity index (χ4v) is 2.59. The molecule has 0 spiro atoms. The summed E-state index contributed by atoms with van der Waals surface area (Å²) in [5, 5.41) is 17.4. The third-order valence-electron chi connectivity index (χ3n) is 3.81. The zero-order valence-corrected chi connectivity index (χ0v) is 15.4. The topological polar surface area (TPSA) is 92.4 Å². The molecule has 4 aromatic rings. The van der Waals surface area contributed by atoms with Crippen LogP contribution in [0.2, 0.25) is 0 Å². The van der Waals surface area contributed by atoms with Crippen molar-refractivity contribution in [3.63, 3.8) is 0 Å². The predicted molar refractivity (Wildman–Crippen MR) is 101 cm³/mol. The van der Waals surface area contributed by atoms with Crippen molar-refractivity contribution < 1.29 is 23.1 Å². The van der Waals surface area contributed by atoms with Gasteiger partial charge in [-0.1, -0.05) is 30.3 Å². The number of halogens is 3. The molecule has 4 rings (SSSR count). The molecule has 2 aromatic heterocycles. The molecule has 0 saturated heterocycles. The van der Waals surface area contributed by atoms with Crippen molar-refractivity contribution >= 4 is 34.0 Å². The van der Waals surface area contributed by atoms with Gasteiger partial charge in [-0.15, -0.1) is 5.10 Å². The molecule has 0 saturated carbocycles. The van der Waals surface area contributed by atoms with E-state index < -0.39 is 12.1 Å². The number of alkyl halides is 3. The van der Waals surface area contributed by atoms with Crippen molar-refractivity contribution in [1.29, 1.82) is 0 Å². The molecule has 2 aromatic carbocycles. The van der Waals surface area contributed by atoms with Crippen LogP contribution in [-0.2, 0) is 4.79 Å². The van der Waals surface area contributed by atoms with Crippen LogP contribution in [0.1, 0.15) is 11.5 Å². The van der Waals surface area contributed by atoms with Gasteiger partial charge in [-0.3, -0.25) is 0 Å². The van der Waals surface area contributed by atoms with Crippen molar-refractivity contribution in [3.05, 3.63) is 60.0 Å². The second-order valence-corrected chi connectivity index (χ2v) is 6.14. The van der Waals surface area contributed by atoms with E-state index in [0.717, 1.165) is 17.2 Å². The van der Waals surface area contributed by atoms with E-state index in [0.29, 0.717) is 11.6 Å². The number of carboxylic acid groups (broad SMARTS) is 1. The lowest BCUT2D eigenvalue weighted by atomic mass is 10.1. The molecule has 150 valence electrons. The van der Waals surface area contributed by atoms with Crippen LogP contribution in [0.5, 0.6) is 0 Å². The highest BCUT2D eigenvalue weighted by molar-refractivity contribution is 5.86. The zero-order valence-electron chi connectivity index (χ0n) is 15.4. The van der Waals surface area contributed by atoms with Crippen molar-refractivity contribution in [1.82, 2.24) is 19.6 Å². The van der Waals surface area contributed by atoms with Crippen LogP contribution in [0.4, 0.5) is 24.7 Å². The molecule has 0 atom stereocenters. The van der Waals surface area contributed by atoms with E-state index in [-0.39, 0.29) is 0 Å². The number of carboxylic acids is 1. The van der Waals surface area contributed by atoms with Crippen LogP contribution in [0.15, 0.2) is 48.5 Å². The second-order valence-electron chi connectivity index (χ2n) is 6.14. The van der Waals surface area contributed by atoms with Crippen molar-refractivity contribution in [2.45, 2.75) is 20.0 Å². The summed E-state index contributed by atoms with van der Waals surface area (Å²) in [6.07, 6.45) is -5.08. The third kappa shape index (κ3) is 4.78. The Labute approximate surface area is 162 Å². The molecule has 0 unspecified atom stereocenters. The summed E-state index contributed by atoms with van der Waals surface area (Å²) in [7, 11) is 0. The molecule has 29 heavy (non-hydrogen) atoms. The SMILES string of the molecule is Cc1cc(Nc2ccc3ccccc3c2)n2nc(C)nc2n1.O=C(O)C(F)(F)F. The first-order valence-electron chi connectivity index (χ1n) is 8.40. The number of aromatic nitrogens is 4. The maximum absolute atomic E-state index is 10.6. The van der Waals surface area contributed by atoms with Crippen LogP contribution in [0.25, 0.3) is 16.6 Å². The molecule has 0 radical (unpaired) electrons. The maximum atomic E-state index is 10.6. The predicted octanol–water partition coefficient (Wildman–Crippen LogP) is 4.27. The zero-order chi connectivity index (χ0) is 21.2. The number of aliphatic carboxylic acids is 1. The Morgan fingerprint density at radius 2 is 1.69 bits per heavy atom. The second kappa shape index (κ2) is 7.74. The molecule has 10 heteroatoms. The number of benzene rings is 2. The summed E-state index contributed by atoms with van der Waals surface area (Å²) < 4.78 is 33.5. The van der Waals surface area contributed by atoms with Gasteiger partial charge >= 0.3 is 12.1 Å². The van der Waals surface area contributed by atoms with Crippen molar-refractivity contribution in [2.75, 3.05) is 5.32 Å². The van der Waals surface area contributed by atoms with Crippen LogP contribution in [0, 0.1) is 13.8 Å². The molecule has 0 aliphatic rings. The van der Waals surface area contributed by atoms with E-state index in [9.17, 15) is 13.2 Å². The lowest BCUT2D eigenvalue weighted by Gasteiger charge is -2.09. The highest BCUT2D eigenvalue weighted by Crippen LogP contribution is 2.23. The number of nitrogens with zero attached hydrogens (tertiary/aromatic N) is 4. The Hall–Kier alpha value is -3.69. The van der Waals surface area contributed by atoms with E-state index in [1.807, 2.05) is 32.0 Å². The van der Waals surface area contributed by atoms with Crippen LogP contribution >= 0.6 is 0 Å². The molecule has 0 aliphatic carbocycles. The van der Waals surface area contributed by atoms with Gasteiger partial charge in [0.2, 0.25) is 0 Å². The van der Waals surface area contributed by atoms with E-state index >= 15 is 0 Å². The quantitative estimate of drug-likeness (QED) is 0.519. The smallest absolute Gasteiger partial charge is 0.475 e. The first-order chi connectivity index (χ1) is 13.6. The number of fused-ring (bicyclic) bond motifs is 2. The Bertz CT molecular complexity index is 1190. The molecule has 0 amide bonds. The monoisotopic (exact) mass is 403 g/mol. The van der Waals surface area contributed by atoms with E-state index in [1.165, 1.54) is 10.8 Å². The molecule has 0 aliphatic heterocycles. The Balaban J connectivity index is 0.000000298. The van der Waals surface area contributed by atoms with Gasteiger partial charge in [0, 0.05) is 17.4 Å². The first-order valence-corrected chi connectivity index (χ1v) is 8.40. The first kappa shape index (κ1) is 20.1. The van der Waals surface area contributed by atoms with Gasteiger partial charge in [0.05, 0.1) is 0 Å². The molecule has 7 nitrogen and oxygen atoms in total. The number of anilines is 2. The lowest BCUT2D eigenvalue weighted by molar-refractivity contribution is -0.192. The highest BCUT2D eigenvalue weighted by Gasteiger charge is 2.38. The lowest BCUT2D eigenvalue weighted by Crippen LogP contribution is -2.21. The van der Waals surface area contributed by atoms with Crippen molar-refractivity contribution in [2.24, 2.45) is 0 Å².